The van der Waals surface area contributed by atoms with Crippen molar-refractivity contribution in [2.75, 3.05) is 19.4 Å². The Balaban J connectivity index is 1.81. The number of nitrogens with one attached hydrogen (secondary N) is 1. The Bertz CT molecular complexity index is 742. The van der Waals surface area contributed by atoms with Crippen LogP contribution in [0, 0.1) is 6.92 Å². The SMILES string of the molecule is Cc1nc2sccn2c1CNc1ccccc1CN(C)C. The molecule has 0 bridgehead atoms. The van der Waals surface area contributed by atoms with Gasteiger partial charge in [0.15, 0.2) is 4.96 Å². The van der Waals surface area contributed by atoms with Crippen LogP contribution in [0.15, 0.2) is 35.8 Å². The third-order valence-electron chi connectivity index (χ3n) is 3.51. The molecule has 3 rings (SSSR count). The summed E-state index contributed by atoms with van der Waals surface area (Å²) in [4.78, 5) is 7.83. The summed E-state index contributed by atoms with van der Waals surface area (Å²) in [7, 11) is 4.18. The second kappa shape index (κ2) is 5.87. The van der Waals surface area contributed by atoms with E-state index in [4.69, 9.17) is 0 Å². The number of rotatable bonds is 5. The molecule has 0 atom stereocenters. The van der Waals surface area contributed by atoms with Crippen LogP contribution in [-0.4, -0.2) is 28.4 Å². The zero-order valence-corrected chi connectivity index (χ0v) is 13.4. The Morgan fingerprint density at radius 1 is 1.29 bits per heavy atom. The average Bonchev–Trinajstić information content (AvgIpc) is 2.98. The van der Waals surface area contributed by atoms with Crippen LogP contribution in [0.4, 0.5) is 5.69 Å². The summed E-state index contributed by atoms with van der Waals surface area (Å²) >= 11 is 1.67. The molecule has 1 N–H and O–H groups in total. The second-order valence-corrected chi connectivity index (χ2v) is 6.32. The van der Waals surface area contributed by atoms with E-state index in [9.17, 15) is 0 Å². The molecule has 0 radical (unpaired) electrons. The Labute approximate surface area is 129 Å². The first-order valence-electron chi connectivity index (χ1n) is 7.02. The van der Waals surface area contributed by atoms with Gasteiger partial charge in [-0.2, -0.15) is 0 Å². The largest absolute Gasteiger partial charge is 0.379 e. The van der Waals surface area contributed by atoms with Crippen LogP contribution in [0.2, 0.25) is 0 Å². The topological polar surface area (TPSA) is 32.6 Å². The lowest BCUT2D eigenvalue weighted by Crippen LogP contribution is -2.13. The van der Waals surface area contributed by atoms with Gasteiger partial charge >= 0.3 is 0 Å². The Hall–Kier alpha value is -1.85. The van der Waals surface area contributed by atoms with Gasteiger partial charge in [-0.1, -0.05) is 18.2 Å². The summed E-state index contributed by atoms with van der Waals surface area (Å²) in [5, 5.41) is 5.64. The maximum atomic E-state index is 4.59. The number of aromatic nitrogens is 2. The number of anilines is 1. The molecule has 5 heteroatoms. The van der Waals surface area contributed by atoms with E-state index in [-0.39, 0.29) is 0 Å². The Morgan fingerprint density at radius 2 is 2.10 bits per heavy atom. The molecule has 4 nitrogen and oxygen atoms in total. The van der Waals surface area contributed by atoms with Crippen LogP contribution in [0.25, 0.3) is 4.96 Å². The van der Waals surface area contributed by atoms with Crippen molar-refractivity contribution in [1.29, 1.82) is 0 Å². The minimum absolute atomic E-state index is 0.786. The molecular formula is C16H20N4S. The van der Waals surface area contributed by atoms with E-state index in [1.807, 2.05) is 0 Å². The van der Waals surface area contributed by atoms with Crippen LogP contribution in [0.5, 0.6) is 0 Å². The van der Waals surface area contributed by atoms with Gasteiger partial charge in [0.1, 0.15) is 0 Å². The second-order valence-electron chi connectivity index (χ2n) is 5.45. The van der Waals surface area contributed by atoms with Gasteiger partial charge in [-0.15, -0.1) is 11.3 Å². The maximum Gasteiger partial charge on any atom is 0.194 e. The summed E-state index contributed by atoms with van der Waals surface area (Å²) in [6.45, 7) is 3.79. The summed E-state index contributed by atoms with van der Waals surface area (Å²) in [6, 6.07) is 8.47. The molecule has 21 heavy (non-hydrogen) atoms. The molecule has 0 fully saturated rings. The van der Waals surface area contributed by atoms with Crippen LogP contribution in [0.1, 0.15) is 17.0 Å². The number of fused-ring (bicyclic) bond motifs is 1. The van der Waals surface area contributed by atoms with Crippen molar-refractivity contribution < 1.29 is 0 Å². The van der Waals surface area contributed by atoms with Crippen molar-refractivity contribution in [3.05, 3.63) is 52.8 Å². The summed E-state index contributed by atoms with van der Waals surface area (Å²) < 4.78 is 2.17. The van der Waals surface area contributed by atoms with Crippen molar-refractivity contribution in [3.63, 3.8) is 0 Å². The van der Waals surface area contributed by atoms with E-state index in [2.05, 4.69) is 76.5 Å². The van der Waals surface area contributed by atoms with Crippen molar-refractivity contribution in [1.82, 2.24) is 14.3 Å². The third-order valence-corrected chi connectivity index (χ3v) is 4.27. The van der Waals surface area contributed by atoms with Crippen LogP contribution >= 0.6 is 11.3 Å². The molecule has 0 aliphatic heterocycles. The number of para-hydroxylation sites is 1. The highest BCUT2D eigenvalue weighted by molar-refractivity contribution is 7.15. The molecular weight excluding hydrogens is 280 g/mol. The first-order valence-corrected chi connectivity index (χ1v) is 7.90. The van der Waals surface area contributed by atoms with E-state index in [1.165, 1.54) is 16.9 Å². The van der Waals surface area contributed by atoms with Crippen molar-refractivity contribution in [3.8, 4) is 0 Å². The Kier molecular flexibility index (Phi) is 3.94. The first kappa shape index (κ1) is 14.1. The molecule has 110 valence electrons. The average molecular weight is 300 g/mol. The zero-order valence-electron chi connectivity index (χ0n) is 12.6. The number of aryl methyl sites for hydroxylation is 1. The summed E-state index contributed by atoms with van der Waals surface area (Å²) in [5.41, 5.74) is 4.83. The van der Waals surface area contributed by atoms with E-state index in [1.54, 1.807) is 11.3 Å². The van der Waals surface area contributed by atoms with Crippen molar-refractivity contribution in [2.45, 2.75) is 20.0 Å². The molecule has 0 aliphatic carbocycles. The molecule has 2 aromatic heterocycles. The van der Waals surface area contributed by atoms with Gasteiger partial charge in [0.2, 0.25) is 0 Å². The normalized spacial score (nSPS) is 11.4. The fourth-order valence-corrected chi connectivity index (χ4v) is 3.28. The standard InChI is InChI=1S/C16H20N4S/c1-12-15(20-8-9-21-16(20)18-12)10-17-14-7-5-4-6-13(14)11-19(2)3/h4-9,17H,10-11H2,1-3H3. The lowest BCUT2D eigenvalue weighted by atomic mass is 10.1. The molecule has 0 unspecified atom stereocenters. The highest BCUT2D eigenvalue weighted by Gasteiger charge is 2.10. The minimum Gasteiger partial charge on any atom is -0.379 e. The van der Waals surface area contributed by atoms with Crippen LogP contribution in [-0.2, 0) is 13.1 Å². The number of benzene rings is 1. The molecule has 0 amide bonds. The number of nitrogens with zero attached hydrogens (tertiary/aromatic N) is 3. The highest BCUT2D eigenvalue weighted by Crippen LogP contribution is 2.20. The number of imidazole rings is 1. The van der Waals surface area contributed by atoms with Crippen LogP contribution in [0.3, 0.4) is 0 Å². The van der Waals surface area contributed by atoms with Gasteiger partial charge in [-0.25, -0.2) is 4.98 Å². The maximum absolute atomic E-state index is 4.59. The lowest BCUT2D eigenvalue weighted by molar-refractivity contribution is 0.403. The van der Waals surface area contributed by atoms with Gasteiger partial charge in [0, 0.05) is 23.8 Å². The third kappa shape index (κ3) is 2.94. The summed E-state index contributed by atoms with van der Waals surface area (Å²) in [6.07, 6.45) is 2.09. The highest BCUT2D eigenvalue weighted by atomic mass is 32.1. The molecule has 0 spiro atoms. The van der Waals surface area contributed by atoms with Gasteiger partial charge in [-0.3, -0.25) is 4.40 Å². The van der Waals surface area contributed by atoms with Crippen molar-refractivity contribution in [2.24, 2.45) is 0 Å². The number of hydrogen-bond acceptors (Lipinski definition) is 4. The van der Waals surface area contributed by atoms with Gasteiger partial charge < -0.3 is 10.2 Å². The molecule has 2 heterocycles. The molecule has 1 aromatic carbocycles. The monoisotopic (exact) mass is 300 g/mol. The smallest absolute Gasteiger partial charge is 0.194 e. The number of thiazole rings is 1. The first-order chi connectivity index (χ1) is 10.1. The van der Waals surface area contributed by atoms with Crippen LogP contribution < -0.4 is 5.32 Å². The van der Waals surface area contributed by atoms with E-state index < -0.39 is 0 Å². The van der Waals surface area contributed by atoms with E-state index in [0.29, 0.717) is 0 Å². The molecule has 0 saturated heterocycles. The molecule has 0 aliphatic rings. The predicted octanol–water partition coefficient (Wildman–Crippen LogP) is 3.38. The molecule has 3 aromatic rings. The Morgan fingerprint density at radius 3 is 2.90 bits per heavy atom. The van der Waals surface area contributed by atoms with E-state index in [0.717, 1.165) is 23.7 Å². The lowest BCUT2D eigenvalue weighted by Gasteiger charge is -2.15. The fraction of sp³-hybridized carbons (Fsp3) is 0.312. The van der Waals surface area contributed by atoms with E-state index >= 15 is 0 Å². The summed E-state index contributed by atoms with van der Waals surface area (Å²) in [5.74, 6) is 0. The van der Waals surface area contributed by atoms with Gasteiger partial charge in [0.25, 0.3) is 0 Å². The quantitative estimate of drug-likeness (QED) is 0.784. The minimum atomic E-state index is 0.786. The van der Waals surface area contributed by atoms with Gasteiger partial charge in [0.05, 0.1) is 17.9 Å². The number of hydrogen-bond donors (Lipinski definition) is 1. The molecule has 0 saturated carbocycles. The van der Waals surface area contributed by atoms with Crippen molar-refractivity contribution >= 4 is 22.0 Å². The van der Waals surface area contributed by atoms with Gasteiger partial charge in [-0.05, 0) is 32.6 Å². The predicted molar refractivity (Wildman–Crippen MR) is 89.0 cm³/mol. The zero-order chi connectivity index (χ0) is 14.8. The fourth-order valence-electron chi connectivity index (χ4n) is 2.50.